The van der Waals surface area contributed by atoms with Gasteiger partial charge in [0.2, 0.25) is 0 Å². The van der Waals surface area contributed by atoms with Crippen LogP contribution in [-0.2, 0) is 0 Å². The van der Waals surface area contributed by atoms with E-state index in [0.717, 1.165) is 5.69 Å². The molecular weight excluding hydrogens is 290 g/mol. The monoisotopic (exact) mass is 303 g/mol. The molecule has 0 aliphatic carbocycles. The second-order valence-corrected chi connectivity index (χ2v) is 5.08. The second-order valence-electron chi connectivity index (χ2n) is 4.64. The number of carbonyl (C=O) groups is 1. The Morgan fingerprint density at radius 2 is 1.76 bits per heavy atom. The van der Waals surface area contributed by atoms with Crippen LogP contribution in [0.25, 0.3) is 0 Å². The number of nitrogens with one attached hydrogen (secondary N) is 1. The van der Waals surface area contributed by atoms with Crippen LogP contribution in [0.1, 0.15) is 10.4 Å². The first-order chi connectivity index (χ1) is 10.2. The Hall–Kier alpha value is -2.20. The van der Waals surface area contributed by atoms with Gasteiger partial charge in [-0.3, -0.25) is 4.79 Å². The van der Waals surface area contributed by atoms with Crippen LogP contribution < -0.4 is 14.8 Å². The summed E-state index contributed by atoms with van der Waals surface area (Å²) in [6, 6.07) is 12.5. The maximum Gasteiger partial charge on any atom is 0.181 e. The lowest BCUT2D eigenvalue weighted by Gasteiger charge is -2.18. The van der Waals surface area contributed by atoms with E-state index in [2.05, 4.69) is 5.32 Å². The zero-order valence-corrected chi connectivity index (χ0v) is 12.0. The molecule has 1 N–H and O–H groups in total. The lowest BCUT2D eigenvalue weighted by atomic mass is 10.1. The average molecular weight is 304 g/mol. The van der Waals surface area contributed by atoms with Crippen molar-refractivity contribution in [3.63, 3.8) is 0 Å². The van der Waals surface area contributed by atoms with Crippen molar-refractivity contribution in [1.82, 2.24) is 0 Å². The Balaban J connectivity index is 1.66. The zero-order valence-electron chi connectivity index (χ0n) is 11.3. The van der Waals surface area contributed by atoms with E-state index >= 15 is 0 Å². The van der Waals surface area contributed by atoms with Crippen molar-refractivity contribution in [3.8, 4) is 11.5 Å². The summed E-state index contributed by atoms with van der Waals surface area (Å²) in [7, 11) is 0. The van der Waals surface area contributed by atoms with Crippen molar-refractivity contribution in [3.05, 3.63) is 53.1 Å². The fourth-order valence-electron chi connectivity index (χ4n) is 2.07. The van der Waals surface area contributed by atoms with Crippen molar-refractivity contribution in [1.29, 1.82) is 0 Å². The number of halogens is 1. The molecule has 0 saturated carbocycles. The van der Waals surface area contributed by atoms with Gasteiger partial charge in [-0.1, -0.05) is 11.6 Å². The van der Waals surface area contributed by atoms with Gasteiger partial charge in [0, 0.05) is 16.3 Å². The predicted molar refractivity (Wildman–Crippen MR) is 81.7 cm³/mol. The number of carbonyl (C=O) groups excluding carboxylic acids is 1. The maximum atomic E-state index is 12.2. The predicted octanol–water partition coefficient (Wildman–Crippen LogP) is 3.41. The van der Waals surface area contributed by atoms with Gasteiger partial charge in [0.15, 0.2) is 17.3 Å². The number of benzene rings is 2. The standard InChI is InChI=1S/C16H14ClNO3/c17-12-2-4-13(5-3-12)18-10-14(19)11-1-6-15-16(9-11)21-8-7-20-15/h1-6,9,18H,7-8,10H2. The largest absolute Gasteiger partial charge is 0.486 e. The fourth-order valence-corrected chi connectivity index (χ4v) is 2.19. The van der Waals surface area contributed by atoms with Gasteiger partial charge < -0.3 is 14.8 Å². The molecule has 0 atom stereocenters. The lowest BCUT2D eigenvalue weighted by molar-refractivity contribution is 0.100. The van der Waals surface area contributed by atoms with Gasteiger partial charge in [0.1, 0.15) is 13.2 Å². The highest BCUT2D eigenvalue weighted by atomic mass is 35.5. The normalized spacial score (nSPS) is 12.8. The quantitative estimate of drug-likeness (QED) is 0.879. The van der Waals surface area contributed by atoms with Crippen LogP contribution >= 0.6 is 11.6 Å². The van der Waals surface area contributed by atoms with E-state index in [-0.39, 0.29) is 12.3 Å². The minimum Gasteiger partial charge on any atom is -0.486 e. The molecule has 2 aromatic rings. The molecule has 0 bridgehead atoms. The summed E-state index contributed by atoms with van der Waals surface area (Å²) in [5.41, 5.74) is 1.45. The van der Waals surface area contributed by atoms with Crippen LogP contribution in [0.4, 0.5) is 5.69 Å². The van der Waals surface area contributed by atoms with Crippen LogP contribution in [-0.4, -0.2) is 25.5 Å². The topological polar surface area (TPSA) is 47.6 Å². The van der Waals surface area contributed by atoms with Crippen LogP contribution in [0, 0.1) is 0 Å². The molecule has 0 aromatic heterocycles. The van der Waals surface area contributed by atoms with Crippen molar-refractivity contribution >= 4 is 23.1 Å². The third-order valence-electron chi connectivity index (χ3n) is 3.16. The minimum atomic E-state index is -0.0121. The third kappa shape index (κ3) is 3.28. The zero-order chi connectivity index (χ0) is 14.7. The van der Waals surface area contributed by atoms with Crippen molar-refractivity contribution in [2.45, 2.75) is 0 Å². The Morgan fingerprint density at radius 3 is 2.52 bits per heavy atom. The number of fused-ring (bicyclic) bond motifs is 1. The number of ketones is 1. The van der Waals surface area contributed by atoms with E-state index in [0.29, 0.717) is 35.3 Å². The molecule has 1 aliphatic heterocycles. The van der Waals surface area contributed by atoms with E-state index in [9.17, 15) is 4.79 Å². The van der Waals surface area contributed by atoms with Gasteiger partial charge in [-0.2, -0.15) is 0 Å². The van der Waals surface area contributed by atoms with Crippen molar-refractivity contribution in [2.24, 2.45) is 0 Å². The highest BCUT2D eigenvalue weighted by Crippen LogP contribution is 2.30. The summed E-state index contributed by atoms with van der Waals surface area (Å²) in [6.07, 6.45) is 0. The number of hydrogen-bond donors (Lipinski definition) is 1. The SMILES string of the molecule is O=C(CNc1ccc(Cl)cc1)c1ccc2c(c1)OCCO2. The Labute approximate surface area is 127 Å². The first-order valence-corrected chi connectivity index (χ1v) is 7.02. The Kier molecular flexibility index (Phi) is 3.97. The van der Waals surface area contributed by atoms with Crippen LogP contribution in [0.3, 0.4) is 0 Å². The second kappa shape index (κ2) is 6.06. The molecule has 0 spiro atoms. The molecule has 0 radical (unpaired) electrons. The molecule has 5 heteroatoms. The number of anilines is 1. The molecule has 1 heterocycles. The van der Waals surface area contributed by atoms with E-state index in [1.165, 1.54) is 0 Å². The maximum absolute atomic E-state index is 12.2. The van der Waals surface area contributed by atoms with Gasteiger partial charge in [-0.05, 0) is 42.5 Å². The molecule has 108 valence electrons. The molecule has 2 aromatic carbocycles. The van der Waals surface area contributed by atoms with E-state index in [4.69, 9.17) is 21.1 Å². The fraction of sp³-hybridized carbons (Fsp3) is 0.188. The summed E-state index contributed by atoms with van der Waals surface area (Å²) < 4.78 is 10.9. The molecule has 21 heavy (non-hydrogen) atoms. The highest BCUT2D eigenvalue weighted by molar-refractivity contribution is 6.30. The van der Waals surface area contributed by atoms with Crippen LogP contribution in [0.5, 0.6) is 11.5 Å². The first-order valence-electron chi connectivity index (χ1n) is 6.65. The summed E-state index contributed by atoms with van der Waals surface area (Å²) in [5, 5.41) is 3.74. The van der Waals surface area contributed by atoms with Gasteiger partial charge in [0.25, 0.3) is 0 Å². The van der Waals surface area contributed by atoms with Crippen LogP contribution in [0.2, 0.25) is 5.02 Å². The van der Waals surface area contributed by atoms with Crippen molar-refractivity contribution in [2.75, 3.05) is 25.1 Å². The lowest BCUT2D eigenvalue weighted by Crippen LogP contribution is -2.17. The molecular formula is C16H14ClNO3. The van der Waals surface area contributed by atoms with Gasteiger partial charge in [-0.15, -0.1) is 0 Å². The molecule has 1 aliphatic rings. The first kappa shape index (κ1) is 13.8. The number of hydrogen-bond acceptors (Lipinski definition) is 4. The Morgan fingerprint density at radius 1 is 1.05 bits per heavy atom. The summed E-state index contributed by atoms with van der Waals surface area (Å²) in [5.74, 6) is 1.30. The summed E-state index contributed by atoms with van der Waals surface area (Å²) in [6.45, 7) is 1.26. The number of rotatable bonds is 4. The smallest absolute Gasteiger partial charge is 0.181 e. The van der Waals surface area contributed by atoms with Crippen molar-refractivity contribution < 1.29 is 14.3 Å². The third-order valence-corrected chi connectivity index (χ3v) is 3.41. The van der Waals surface area contributed by atoms with E-state index < -0.39 is 0 Å². The van der Waals surface area contributed by atoms with Gasteiger partial charge in [0.05, 0.1) is 6.54 Å². The molecule has 0 saturated heterocycles. The molecule has 0 amide bonds. The number of ether oxygens (including phenoxy) is 2. The molecule has 0 unspecified atom stereocenters. The Bertz CT molecular complexity index is 655. The molecule has 4 nitrogen and oxygen atoms in total. The summed E-state index contributed by atoms with van der Waals surface area (Å²) >= 11 is 5.82. The van der Waals surface area contributed by atoms with E-state index in [1.807, 2.05) is 12.1 Å². The molecule has 3 rings (SSSR count). The van der Waals surface area contributed by atoms with Gasteiger partial charge >= 0.3 is 0 Å². The minimum absolute atomic E-state index is 0.0121. The highest BCUT2D eigenvalue weighted by Gasteiger charge is 2.14. The van der Waals surface area contributed by atoms with E-state index in [1.54, 1.807) is 30.3 Å². The van der Waals surface area contributed by atoms with Gasteiger partial charge in [-0.25, -0.2) is 0 Å². The van der Waals surface area contributed by atoms with Crippen LogP contribution in [0.15, 0.2) is 42.5 Å². The average Bonchev–Trinajstić information content (AvgIpc) is 2.53. The molecule has 0 fully saturated rings. The number of Topliss-reactive ketones (excluding diaryl/α,β-unsaturated/α-hetero) is 1. The summed E-state index contributed by atoms with van der Waals surface area (Å²) in [4.78, 5) is 12.2.